The van der Waals surface area contributed by atoms with Gasteiger partial charge >= 0.3 is 0 Å². The maximum atomic E-state index is 13.2. The van der Waals surface area contributed by atoms with Crippen LogP contribution in [-0.2, 0) is 9.59 Å². The molecule has 0 bridgehead atoms. The Morgan fingerprint density at radius 3 is 2.14 bits per heavy atom. The van der Waals surface area contributed by atoms with Crippen molar-refractivity contribution in [2.24, 2.45) is 5.92 Å². The van der Waals surface area contributed by atoms with Gasteiger partial charge in [-0.2, -0.15) is 0 Å². The summed E-state index contributed by atoms with van der Waals surface area (Å²) in [5, 5.41) is 3.89. The quantitative estimate of drug-likeness (QED) is 0.770. The van der Waals surface area contributed by atoms with Gasteiger partial charge in [0.1, 0.15) is 6.04 Å². The number of piperazine rings is 1. The van der Waals surface area contributed by atoms with Gasteiger partial charge in [0.2, 0.25) is 11.8 Å². The second kappa shape index (κ2) is 8.74. The molecule has 2 fully saturated rings. The Kier molecular flexibility index (Phi) is 6.09. The zero-order chi connectivity index (χ0) is 20.4. The lowest BCUT2D eigenvalue weighted by Gasteiger charge is -2.39. The van der Waals surface area contributed by atoms with E-state index in [9.17, 15) is 9.59 Å². The smallest absolute Gasteiger partial charge is 0.246 e. The van der Waals surface area contributed by atoms with Crippen molar-refractivity contribution >= 4 is 40.7 Å². The van der Waals surface area contributed by atoms with Crippen molar-refractivity contribution in [3.63, 3.8) is 0 Å². The van der Waals surface area contributed by atoms with Crippen LogP contribution in [0.3, 0.4) is 0 Å². The van der Waals surface area contributed by atoms with Crippen molar-refractivity contribution in [2.45, 2.75) is 18.9 Å². The summed E-state index contributed by atoms with van der Waals surface area (Å²) < 4.78 is 0. The Balaban J connectivity index is 1.51. The number of rotatable bonds is 5. The summed E-state index contributed by atoms with van der Waals surface area (Å²) in [4.78, 5) is 29.7. The lowest BCUT2D eigenvalue weighted by molar-refractivity contribution is -0.135. The molecule has 2 aromatic rings. The molecule has 4 rings (SSSR count). The first-order valence-corrected chi connectivity index (χ1v) is 10.6. The number of nitrogens with one attached hydrogen (secondary N) is 1. The van der Waals surface area contributed by atoms with E-state index in [4.69, 9.17) is 23.2 Å². The zero-order valence-electron chi connectivity index (χ0n) is 16.0. The third kappa shape index (κ3) is 4.92. The highest BCUT2D eigenvalue weighted by molar-refractivity contribution is 6.35. The number of nitrogens with zero attached hydrogens (tertiary/aromatic N) is 2. The summed E-state index contributed by atoms with van der Waals surface area (Å²) in [6, 6.07) is 14.2. The zero-order valence-corrected chi connectivity index (χ0v) is 17.5. The van der Waals surface area contributed by atoms with Crippen molar-refractivity contribution in [1.82, 2.24) is 9.80 Å². The first-order chi connectivity index (χ1) is 14.0. The lowest BCUT2D eigenvalue weighted by atomic mass is 10.0. The molecule has 0 aromatic heterocycles. The maximum absolute atomic E-state index is 13.2. The molecule has 152 valence electrons. The van der Waals surface area contributed by atoms with Gasteiger partial charge in [0, 0.05) is 47.8 Å². The molecule has 1 N–H and O–H groups in total. The van der Waals surface area contributed by atoms with E-state index in [-0.39, 0.29) is 17.7 Å². The Bertz CT molecular complexity index is 874. The molecule has 2 amide bonds. The summed E-state index contributed by atoms with van der Waals surface area (Å²) in [7, 11) is 0. The molecule has 1 unspecified atom stereocenters. The number of benzene rings is 2. The van der Waals surface area contributed by atoms with Crippen LogP contribution in [0.15, 0.2) is 48.5 Å². The standard InChI is InChI=1S/C22H23Cl2N3O2/c23-17-12-18(24)14-19(13-17)25-21(28)20(15-4-2-1-3-5-15)26-8-10-27(11-9-26)22(29)16-6-7-16/h1-5,12-14,16,20H,6-11H2,(H,25,28). The first kappa shape index (κ1) is 20.2. The molecule has 7 heteroatoms. The van der Waals surface area contributed by atoms with E-state index in [2.05, 4.69) is 10.2 Å². The van der Waals surface area contributed by atoms with Gasteiger partial charge in [-0.1, -0.05) is 53.5 Å². The number of halogens is 2. The Morgan fingerprint density at radius 1 is 0.931 bits per heavy atom. The van der Waals surface area contributed by atoms with Crippen molar-refractivity contribution in [3.05, 3.63) is 64.1 Å². The second-order valence-corrected chi connectivity index (χ2v) is 8.47. The van der Waals surface area contributed by atoms with E-state index in [1.54, 1.807) is 18.2 Å². The number of hydrogen-bond acceptors (Lipinski definition) is 3. The van der Waals surface area contributed by atoms with E-state index in [0.29, 0.717) is 41.9 Å². The number of carbonyl (C=O) groups excluding carboxylic acids is 2. The predicted molar refractivity (Wildman–Crippen MR) is 115 cm³/mol. The lowest BCUT2D eigenvalue weighted by Crippen LogP contribution is -2.52. The van der Waals surface area contributed by atoms with Crippen LogP contribution in [0.25, 0.3) is 0 Å². The van der Waals surface area contributed by atoms with Crippen LogP contribution < -0.4 is 5.32 Å². The molecule has 1 aliphatic carbocycles. The van der Waals surface area contributed by atoms with Gasteiger partial charge in [-0.05, 0) is 36.6 Å². The van der Waals surface area contributed by atoms with Gasteiger partial charge in [0.15, 0.2) is 0 Å². The SMILES string of the molecule is O=C(Nc1cc(Cl)cc(Cl)c1)C(c1ccccc1)N1CCN(C(=O)C2CC2)CC1. The topological polar surface area (TPSA) is 52.7 Å². The molecule has 5 nitrogen and oxygen atoms in total. The minimum atomic E-state index is -0.452. The maximum Gasteiger partial charge on any atom is 0.246 e. The molecular weight excluding hydrogens is 409 g/mol. The average Bonchev–Trinajstić information content (AvgIpc) is 3.53. The van der Waals surface area contributed by atoms with Gasteiger partial charge in [-0.25, -0.2) is 0 Å². The molecule has 1 saturated carbocycles. The molecule has 1 saturated heterocycles. The summed E-state index contributed by atoms with van der Waals surface area (Å²) in [6.45, 7) is 2.60. The third-order valence-electron chi connectivity index (χ3n) is 5.41. The third-order valence-corrected chi connectivity index (χ3v) is 5.85. The van der Waals surface area contributed by atoms with E-state index in [1.807, 2.05) is 35.2 Å². The summed E-state index contributed by atoms with van der Waals surface area (Å²) >= 11 is 12.1. The Labute approximate surface area is 180 Å². The summed E-state index contributed by atoms with van der Waals surface area (Å²) in [6.07, 6.45) is 2.02. The highest BCUT2D eigenvalue weighted by Gasteiger charge is 2.37. The number of amides is 2. The van der Waals surface area contributed by atoms with Crippen molar-refractivity contribution in [1.29, 1.82) is 0 Å². The highest BCUT2D eigenvalue weighted by atomic mass is 35.5. The molecule has 0 spiro atoms. The van der Waals surface area contributed by atoms with E-state index in [1.165, 1.54) is 0 Å². The van der Waals surface area contributed by atoms with Crippen LogP contribution in [-0.4, -0.2) is 47.8 Å². The largest absolute Gasteiger partial charge is 0.340 e. The minimum Gasteiger partial charge on any atom is -0.340 e. The van der Waals surface area contributed by atoms with Crippen LogP contribution in [0.4, 0.5) is 5.69 Å². The number of carbonyl (C=O) groups is 2. The van der Waals surface area contributed by atoms with Crippen LogP contribution in [0, 0.1) is 5.92 Å². The first-order valence-electron chi connectivity index (χ1n) is 9.86. The van der Waals surface area contributed by atoms with Crippen molar-refractivity contribution < 1.29 is 9.59 Å². The fraction of sp³-hybridized carbons (Fsp3) is 0.364. The van der Waals surface area contributed by atoms with Crippen LogP contribution in [0.1, 0.15) is 24.4 Å². The second-order valence-electron chi connectivity index (χ2n) is 7.60. The molecular formula is C22H23Cl2N3O2. The monoisotopic (exact) mass is 431 g/mol. The molecule has 0 radical (unpaired) electrons. The number of hydrogen-bond donors (Lipinski definition) is 1. The normalized spacial score (nSPS) is 18.3. The molecule has 1 atom stereocenters. The fourth-order valence-electron chi connectivity index (χ4n) is 3.79. The van der Waals surface area contributed by atoms with Crippen LogP contribution in [0.5, 0.6) is 0 Å². The van der Waals surface area contributed by atoms with Gasteiger partial charge in [-0.3, -0.25) is 14.5 Å². The fourth-order valence-corrected chi connectivity index (χ4v) is 4.31. The number of anilines is 1. The van der Waals surface area contributed by atoms with Crippen molar-refractivity contribution in [3.8, 4) is 0 Å². The van der Waals surface area contributed by atoms with Crippen molar-refractivity contribution in [2.75, 3.05) is 31.5 Å². The van der Waals surface area contributed by atoms with Crippen LogP contribution >= 0.6 is 23.2 Å². The van der Waals surface area contributed by atoms with Gasteiger partial charge in [0.25, 0.3) is 0 Å². The Morgan fingerprint density at radius 2 is 1.55 bits per heavy atom. The molecule has 1 aliphatic heterocycles. The predicted octanol–water partition coefficient (Wildman–Crippen LogP) is 4.23. The van der Waals surface area contributed by atoms with Gasteiger partial charge in [-0.15, -0.1) is 0 Å². The average molecular weight is 432 g/mol. The van der Waals surface area contributed by atoms with Gasteiger partial charge in [0.05, 0.1) is 0 Å². The van der Waals surface area contributed by atoms with Crippen LogP contribution in [0.2, 0.25) is 10.0 Å². The minimum absolute atomic E-state index is 0.142. The highest BCUT2D eigenvalue weighted by Crippen LogP contribution is 2.32. The molecule has 2 aromatic carbocycles. The molecule has 1 heterocycles. The Hall–Kier alpha value is -2.08. The van der Waals surface area contributed by atoms with E-state index < -0.39 is 6.04 Å². The summed E-state index contributed by atoms with van der Waals surface area (Å²) in [5.74, 6) is 0.345. The molecule has 2 aliphatic rings. The molecule has 29 heavy (non-hydrogen) atoms. The summed E-state index contributed by atoms with van der Waals surface area (Å²) in [5.41, 5.74) is 1.48. The van der Waals surface area contributed by atoms with Gasteiger partial charge < -0.3 is 10.2 Å². The van der Waals surface area contributed by atoms with E-state index >= 15 is 0 Å². The van der Waals surface area contributed by atoms with E-state index in [0.717, 1.165) is 18.4 Å².